The maximum Gasteiger partial charge on any atom is 0.197 e. The molecule has 0 amide bonds. The lowest BCUT2D eigenvalue weighted by Crippen LogP contribution is -2.24. The van der Waals surface area contributed by atoms with Crippen LogP contribution in [0, 0.1) is 11.8 Å². The molecule has 0 spiro atoms. The number of Topliss-reactive ketones (excluding diaryl/α,β-unsaturated/α-hetero) is 1. The van der Waals surface area contributed by atoms with Crippen LogP contribution >= 0.6 is 0 Å². The summed E-state index contributed by atoms with van der Waals surface area (Å²) in [5.41, 5.74) is 2.61. The first-order valence-electron chi connectivity index (χ1n) is 9.86. The van der Waals surface area contributed by atoms with Crippen LogP contribution in [0.5, 0.6) is 0 Å². The van der Waals surface area contributed by atoms with E-state index in [0.29, 0.717) is 53.4 Å². The predicted octanol–water partition coefficient (Wildman–Crippen LogP) is 5.50. The largest absolute Gasteiger partial charge is 0.464 e. The molecule has 28 heavy (non-hydrogen) atoms. The summed E-state index contributed by atoms with van der Waals surface area (Å²) in [6, 6.07) is 19.1. The Morgan fingerprint density at radius 2 is 1.64 bits per heavy atom. The van der Waals surface area contributed by atoms with Crippen LogP contribution < -0.4 is 0 Å². The van der Waals surface area contributed by atoms with Crippen molar-refractivity contribution in [1.29, 1.82) is 0 Å². The van der Waals surface area contributed by atoms with Crippen molar-refractivity contribution in [3.63, 3.8) is 0 Å². The maximum atomic E-state index is 13.3. The Hall–Kier alpha value is -2.94. The van der Waals surface area contributed by atoms with E-state index in [-0.39, 0.29) is 17.5 Å². The molecule has 0 radical (unpaired) electrons. The normalized spacial score (nSPS) is 16.2. The molecule has 1 heterocycles. The van der Waals surface area contributed by atoms with E-state index in [1.807, 2.05) is 48.5 Å². The van der Waals surface area contributed by atoms with Crippen molar-refractivity contribution < 1.29 is 14.0 Å². The molecule has 4 rings (SSSR count). The molecule has 2 aromatic carbocycles. The van der Waals surface area contributed by atoms with E-state index in [2.05, 4.69) is 13.8 Å². The minimum atomic E-state index is -0.132. The van der Waals surface area contributed by atoms with Crippen LogP contribution in [-0.4, -0.2) is 11.6 Å². The van der Waals surface area contributed by atoms with Crippen molar-refractivity contribution in [2.75, 3.05) is 0 Å². The molecule has 0 fully saturated rings. The molecule has 1 aliphatic rings. The molecule has 0 bridgehead atoms. The lowest BCUT2D eigenvalue weighted by Gasteiger charge is -2.23. The molecule has 142 valence electrons. The minimum absolute atomic E-state index is 0.0299. The highest BCUT2D eigenvalue weighted by Crippen LogP contribution is 2.37. The number of carbonyl (C=O) groups excluding carboxylic acids is 2. The monoisotopic (exact) mass is 372 g/mol. The summed E-state index contributed by atoms with van der Waals surface area (Å²) < 4.78 is 6.19. The Labute approximate surface area is 165 Å². The first-order valence-corrected chi connectivity index (χ1v) is 9.86. The highest BCUT2D eigenvalue weighted by atomic mass is 16.3. The third-order valence-electron chi connectivity index (χ3n) is 5.64. The Kier molecular flexibility index (Phi) is 4.99. The third kappa shape index (κ3) is 3.45. The van der Waals surface area contributed by atoms with Crippen LogP contribution in [0.2, 0.25) is 0 Å². The second-order valence-electron chi connectivity index (χ2n) is 7.89. The van der Waals surface area contributed by atoms with Crippen molar-refractivity contribution in [2.45, 2.75) is 33.1 Å². The number of fused-ring (bicyclic) bond motifs is 1. The van der Waals surface area contributed by atoms with Gasteiger partial charge in [-0.3, -0.25) is 9.59 Å². The summed E-state index contributed by atoms with van der Waals surface area (Å²) >= 11 is 0. The summed E-state index contributed by atoms with van der Waals surface area (Å²) in [6.07, 6.45) is 1.69. The van der Waals surface area contributed by atoms with E-state index >= 15 is 0 Å². The first kappa shape index (κ1) is 18.4. The quantitative estimate of drug-likeness (QED) is 0.555. The van der Waals surface area contributed by atoms with Crippen molar-refractivity contribution >= 4 is 11.6 Å². The number of hydrogen-bond acceptors (Lipinski definition) is 3. The molecule has 3 nitrogen and oxygen atoms in total. The zero-order valence-corrected chi connectivity index (χ0v) is 16.3. The predicted molar refractivity (Wildman–Crippen MR) is 109 cm³/mol. The fourth-order valence-electron chi connectivity index (χ4n) is 3.97. The standard InChI is InChI=1S/C25H24O3/c1-16(2)19-14-20(26)23-22(15-19)28-21(13-17-9-5-3-6-10-17)24(23)25(27)18-11-7-4-8-12-18/h3-12,16,19H,13-15H2,1-2H3. The third-order valence-corrected chi connectivity index (χ3v) is 5.64. The molecule has 0 N–H and O–H groups in total. The molecule has 1 atom stereocenters. The van der Waals surface area contributed by atoms with E-state index in [4.69, 9.17) is 4.42 Å². The molecule has 0 saturated heterocycles. The second-order valence-corrected chi connectivity index (χ2v) is 7.89. The zero-order valence-electron chi connectivity index (χ0n) is 16.3. The van der Waals surface area contributed by atoms with E-state index in [1.165, 1.54) is 0 Å². The van der Waals surface area contributed by atoms with Crippen LogP contribution in [0.3, 0.4) is 0 Å². The van der Waals surface area contributed by atoms with Crippen molar-refractivity contribution in [3.8, 4) is 0 Å². The average molecular weight is 372 g/mol. The Bertz CT molecular complexity index is 997. The van der Waals surface area contributed by atoms with Gasteiger partial charge < -0.3 is 4.42 Å². The number of furan rings is 1. The molecule has 1 aliphatic carbocycles. The van der Waals surface area contributed by atoms with Crippen LogP contribution in [-0.2, 0) is 12.8 Å². The van der Waals surface area contributed by atoms with Gasteiger partial charge in [0.2, 0.25) is 0 Å². The van der Waals surface area contributed by atoms with Gasteiger partial charge in [-0.25, -0.2) is 0 Å². The van der Waals surface area contributed by atoms with Gasteiger partial charge in [0.05, 0.1) is 11.1 Å². The van der Waals surface area contributed by atoms with E-state index in [1.54, 1.807) is 12.1 Å². The van der Waals surface area contributed by atoms with Gasteiger partial charge in [-0.2, -0.15) is 0 Å². The van der Waals surface area contributed by atoms with Crippen molar-refractivity contribution in [1.82, 2.24) is 0 Å². The first-order chi connectivity index (χ1) is 13.5. The number of carbonyl (C=O) groups is 2. The fraction of sp³-hybridized carbons (Fsp3) is 0.280. The second kappa shape index (κ2) is 7.59. The van der Waals surface area contributed by atoms with Crippen LogP contribution in [0.15, 0.2) is 65.1 Å². The number of rotatable bonds is 5. The smallest absolute Gasteiger partial charge is 0.197 e. The fourth-order valence-corrected chi connectivity index (χ4v) is 3.97. The molecule has 3 heteroatoms. The highest BCUT2D eigenvalue weighted by Gasteiger charge is 2.36. The van der Waals surface area contributed by atoms with Gasteiger partial charge in [-0.05, 0) is 17.4 Å². The van der Waals surface area contributed by atoms with Crippen LogP contribution in [0.1, 0.15) is 63.6 Å². The molecular formula is C25H24O3. The number of hydrogen-bond donors (Lipinski definition) is 0. The van der Waals surface area contributed by atoms with E-state index < -0.39 is 0 Å². The van der Waals surface area contributed by atoms with Gasteiger partial charge in [-0.15, -0.1) is 0 Å². The molecule has 0 saturated carbocycles. The number of ketones is 2. The van der Waals surface area contributed by atoms with Crippen LogP contribution in [0.25, 0.3) is 0 Å². The van der Waals surface area contributed by atoms with Gasteiger partial charge in [0.25, 0.3) is 0 Å². The lowest BCUT2D eigenvalue weighted by atomic mass is 9.79. The maximum absolute atomic E-state index is 13.3. The molecule has 1 aromatic heterocycles. The molecule has 1 unspecified atom stereocenters. The highest BCUT2D eigenvalue weighted by molar-refractivity contribution is 6.17. The zero-order chi connectivity index (χ0) is 19.7. The Morgan fingerprint density at radius 3 is 2.29 bits per heavy atom. The van der Waals surface area contributed by atoms with E-state index in [0.717, 1.165) is 5.56 Å². The lowest BCUT2D eigenvalue weighted by molar-refractivity contribution is 0.0918. The SMILES string of the molecule is CC(C)C1CC(=O)c2c(oc(Cc3ccccc3)c2C(=O)c2ccccc2)C1. The summed E-state index contributed by atoms with van der Waals surface area (Å²) in [6.45, 7) is 4.26. The van der Waals surface area contributed by atoms with Crippen molar-refractivity contribution in [3.05, 3.63) is 94.4 Å². The average Bonchev–Trinajstić information content (AvgIpc) is 3.07. The Morgan fingerprint density at radius 1 is 1.00 bits per heavy atom. The topological polar surface area (TPSA) is 47.3 Å². The van der Waals surface area contributed by atoms with Crippen molar-refractivity contribution in [2.24, 2.45) is 11.8 Å². The molecular weight excluding hydrogens is 348 g/mol. The van der Waals surface area contributed by atoms with Gasteiger partial charge in [0, 0.05) is 24.8 Å². The summed E-state index contributed by atoms with van der Waals surface area (Å²) in [4.78, 5) is 26.3. The van der Waals surface area contributed by atoms with Gasteiger partial charge in [0.1, 0.15) is 11.5 Å². The van der Waals surface area contributed by atoms with E-state index in [9.17, 15) is 9.59 Å². The van der Waals surface area contributed by atoms with Gasteiger partial charge in [0.15, 0.2) is 11.6 Å². The summed E-state index contributed by atoms with van der Waals surface area (Å²) in [7, 11) is 0. The Balaban J connectivity index is 1.82. The van der Waals surface area contributed by atoms with Gasteiger partial charge in [-0.1, -0.05) is 74.5 Å². The number of benzene rings is 2. The van der Waals surface area contributed by atoms with Crippen LogP contribution in [0.4, 0.5) is 0 Å². The molecule has 0 aliphatic heterocycles. The summed E-state index contributed by atoms with van der Waals surface area (Å²) in [5.74, 6) is 1.83. The van der Waals surface area contributed by atoms with Gasteiger partial charge >= 0.3 is 0 Å². The summed E-state index contributed by atoms with van der Waals surface area (Å²) in [5, 5.41) is 0. The minimum Gasteiger partial charge on any atom is -0.464 e. The molecule has 3 aromatic rings.